The number of hydrogen-bond acceptors (Lipinski definition) is 0. The van der Waals surface area contributed by atoms with Gasteiger partial charge in [-0.1, -0.05) is 94.5 Å². The van der Waals surface area contributed by atoms with Gasteiger partial charge in [-0.3, -0.25) is 0 Å². The number of hydrogen-bond donors (Lipinski definition) is 0. The van der Waals surface area contributed by atoms with Gasteiger partial charge in [0.15, 0.2) is 0 Å². The maximum absolute atomic E-state index is 2.54. The summed E-state index contributed by atoms with van der Waals surface area (Å²) < 4.78 is 2.48. The molecule has 0 fully saturated rings. The molecule has 0 saturated heterocycles. The molecule has 0 N–H and O–H groups in total. The highest BCUT2D eigenvalue weighted by molar-refractivity contribution is 7.04. The molecule has 0 amide bonds. The van der Waals surface area contributed by atoms with Crippen molar-refractivity contribution in [2.24, 2.45) is 7.05 Å². The molecule has 2 heteroatoms. The average Bonchev–Trinajstić information content (AvgIpc) is 3.07. The van der Waals surface area contributed by atoms with Crippen molar-refractivity contribution in [1.29, 1.82) is 0 Å². The standard InChI is InChI=1S/C33H34NSi/c1-21-22-14-8-9-15-23(22)27(33(2,3)4)20-26(21)31-32-30(24-16-10-12-18-28(24)34(31)5)25-17-11-13-19-29(25)35(32,6)7/h8-20H,1-7H3/q+1. The minimum atomic E-state index is -1.93. The summed E-state index contributed by atoms with van der Waals surface area (Å²) in [6.07, 6.45) is 0. The Morgan fingerprint density at radius 1 is 0.714 bits per heavy atom. The first kappa shape index (κ1) is 22.2. The number of aryl methyl sites for hydroxylation is 2. The molecule has 174 valence electrons. The Kier molecular flexibility index (Phi) is 4.69. The van der Waals surface area contributed by atoms with E-state index in [-0.39, 0.29) is 5.41 Å². The minimum Gasteiger partial charge on any atom is -0.194 e. The van der Waals surface area contributed by atoms with E-state index in [2.05, 4.69) is 131 Å². The zero-order valence-corrected chi connectivity index (χ0v) is 23.0. The van der Waals surface area contributed by atoms with E-state index in [1.54, 1.807) is 10.4 Å². The Balaban J connectivity index is 1.85. The second kappa shape index (κ2) is 7.38. The van der Waals surface area contributed by atoms with E-state index in [1.165, 1.54) is 55.2 Å². The van der Waals surface area contributed by atoms with Gasteiger partial charge in [-0.25, -0.2) is 0 Å². The topological polar surface area (TPSA) is 3.88 Å². The van der Waals surface area contributed by atoms with Crippen LogP contribution >= 0.6 is 0 Å². The summed E-state index contributed by atoms with van der Waals surface area (Å²) in [7, 11) is 0.343. The molecule has 6 rings (SSSR count). The van der Waals surface area contributed by atoms with Crippen LogP contribution < -0.4 is 14.9 Å². The third-order valence-electron chi connectivity index (χ3n) is 8.23. The van der Waals surface area contributed by atoms with Crippen LogP contribution in [0.15, 0.2) is 78.9 Å². The normalized spacial score (nSPS) is 14.4. The summed E-state index contributed by atoms with van der Waals surface area (Å²) >= 11 is 0. The molecule has 0 saturated carbocycles. The molecule has 35 heavy (non-hydrogen) atoms. The second-order valence-electron chi connectivity index (χ2n) is 11.7. The smallest absolute Gasteiger partial charge is 0.194 e. The molecular formula is C33H34NSi+. The molecule has 0 unspecified atom stereocenters. The predicted molar refractivity (Wildman–Crippen MR) is 154 cm³/mol. The Hall–Kier alpha value is -3.23. The quantitative estimate of drug-likeness (QED) is 0.185. The lowest BCUT2D eigenvalue weighted by atomic mass is 9.80. The molecule has 0 atom stereocenters. The third kappa shape index (κ3) is 3.02. The molecule has 0 radical (unpaired) electrons. The second-order valence-corrected chi connectivity index (χ2v) is 16.0. The molecule has 1 aromatic heterocycles. The molecule has 5 aromatic rings. The lowest BCUT2D eigenvalue weighted by molar-refractivity contribution is -0.632. The van der Waals surface area contributed by atoms with E-state index in [9.17, 15) is 0 Å². The lowest BCUT2D eigenvalue weighted by Crippen LogP contribution is -2.54. The molecular weight excluding hydrogens is 438 g/mol. The van der Waals surface area contributed by atoms with Crippen molar-refractivity contribution >= 4 is 40.1 Å². The van der Waals surface area contributed by atoms with Crippen LogP contribution in [-0.2, 0) is 12.5 Å². The highest BCUT2D eigenvalue weighted by Gasteiger charge is 2.45. The van der Waals surface area contributed by atoms with Crippen LogP contribution in [-0.4, -0.2) is 8.07 Å². The van der Waals surface area contributed by atoms with Gasteiger partial charge in [-0.05, 0) is 57.1 Å². The van der Waals surface area contributed by atoms with E-state index in [4.69, 9.17) is 0 Å². The van der Waals surface area contributed by atoms with E-state index in [0.717, 1.165) is 0 Å². The third-order valence-corrected chi connectivity index (χ3v) is 11.7. The summed E-state index contributed by atoms with van der Waals surface area (Å²) in [5.74, 6) is 0. The summed E-state index contributed by atoms with van der Waals surface area (Å²) in [6.45, 7) is 14.4. The van der Waals surface area contributed by atoms with Gasteiger partial charge >= 0.3 is 0 Å². The minimum absolute atomic E-state index is 0.0521. The lowest BCUT2D eigenvalue weighted by Gasteiger charge is -2.26. The fraction of sp³-hybridized carbons (Fsp3) is 0.242. The molecule has 1 aliphatic heterocycles. The van der Waals surface area contributed by atoms with Crippen molar-refractivity contribution in [3.8, 4) is 22.4 Å². The summed E-state index contributed by atoms with van der Waals surface area (Å²) in [6, 6.07) is 29.6. The molecule has 0 bridgehead atoms. The maximum Gasteiger partial charge on any atom is 0.213 e. The Bertz CT molecular complexity index is 1670. The van der Waals surface area contributed by atoms with E-state index in [1.807, 2.05) is 0 Å². The maximum atomic E-state index is 2.54. The number of para-hydroxylation sites is 1. The van der Waals surface area contributed by atoms with Crippen LogP contribution in [0.1, 0.15) is 31.9 Å². The van der Waals surface area contributed by atoms with Crippen molar-refractivity contribution < 1.29 is 4.57 Å². The summed E-state index contributed by atoms with van der Waals surface area (Å²) in [5, 5.41) is 7.25. The molecule has 0 spiro atoms. The van der Waals surface area contributed by atoms with E-state index < -0.39 is 8.07 Å². The number of fused-ring (bicyclic) bond motifs is 6. The van der Waals surface area contributed by atoms with Crippen molar-refractivity contribution in [3.05, 3.63) is 90.0 Å². The molecule has 4 aromatic carbocycles. The number of benzene rings is 4. The van der Waals surface area contributed by atoms with Crippen LogP contribution in [0.2, 0.25) is 13.1 Å². The van der Waals surface area contributed by atoms with Gasteiger partial charge in [0.1, 0.15) is 15.1 Å². The predicted octanol–water partition coefficient (Wildman–Crippen LogP) is 6.89. The molecule has 2 heterocycles. The average molecular weight is 473 g/mol. The zero-order chi connectivity index (χ0) is 24.7. The van der Waals surface area contributed by atoms with Gasteiger partial charge in [0.25, 0.3) is 0 Å². The van der Waals surface area contributed by atoms with Crippen molar-refractivity contribution in [1.82, 2.24) is 0 Å². The largest absolute Gasteiger partial charge is 0.213 e. The van der Waals surface area contributed by atoms with E-state index in [0.29, 0.717) is 0 Å². The van der Waals surface area contributed by atoms with Crippen LogP contribution in [0.5, 0.6) is 0 Å². The van der Waals surface area contributed by atoms with E-state index >= 15 is 0 Å². The van der Waals surface area contributed by atoms with Crippen LogP contribution in [0.3, 0.4) is 0 Å². The van der Waals surface area contributed by atoms with Crippen molar-refractivity contribution in [2.75, 3.05) is 0 Å². The van der Waals surface area contributed by atoms with Gasteiger partial charge in [0.05, 0.1) is 5.39 Å². The first-order valence-corrected chi connectivity index (χ1v) is 15.7. The van der Waals surface area contributed by atoms with Gasteiger partial charge in [0, 0.05) is 22.4 Å². The number of nitrogens with zero attached hydrogens (tertiary/aromatic N) is 1. The monoisotopic (exact) mass is 472 g/mol. The number of aromatic nitrogens is 1. The Labute approximate surface area is 210 Å². The fourth-order valence-electron chi connectivity index (χ4n) is 6.49. The SMILES string of the molecule is Cc1c(-c2c3c(c4ccccc4[n+]2C)-c2ccccc2[Si]3(C)C)cc(C(C)(C)C)c2ccccc12. The number of pyridine rings is 1. The van der Waals surface area contributed by atoms with Crippen LogP contribution in [0, 0.1) is 6.92 Å². The first-order chi connectivity index (χ1) is 16.6. The molecule has 1 aliphatic rings. The van der Waals surface area contributed by atoms with Gasteiger partial charge in [-0.15, -0.1) is 0 Å². The van der Waals surface area contributed by atoms with Gasteiger partial charge < -0.3 is 0 Å². The highest BCUT2D eigenvalue weighted by Crippen LogP contribution is 2.41. The first-order valence-electron chi connectivity index (χ1n) is 12.7. The summed E-state index contributed by atoms with van der Waals surface area (Å²) in [4.78, 5) is 0. The number of rotatable bonds is 1. The molecule has 1 nitrogen and oxygen atoms in total. The van der Waals surface area contributed by atoms with Crippen molar-refractivity contribution in [2.45, 2.75) is 46.2 Å². The zero-order valence-electron chi connectivity index (χ0n) is 22.0. The van der Waals surface area contributed by atoms with Crippen LogP contribution in [0.4, 0.5) is 0 Å². The highest BCUT2D eigenvalue weighted by atomic mass is 28.3. The fourth-order valence-corrected chi connectivity index (χ4v) is 9.94. The Morgan fingerprint density at radius 2 is 1.31 bits per heavy atom. The van der Waals surface area contributed by atoms with Crippen LogP contribution in [0.25, 0.3) is 44.1 Å². The van der Waals surface area contributed by atoms with Crippen molar-refractivity contribution in [3.63, 3.8) is 0 Å². The molecule has 0 aliphatic carbocycles. The summed E-state index contributed by atoms with van der Waals surface area (Å²) in [5.41, 5.74) is 9.83. The Morgan fingerprint density at radius 3 is 2.03 bits per heavy atom. The van der Waals surface area contributed by atoms with Gasteiger partial charge in [0.2, 0.25) is 11.2 Å². The van der Waals surface area contributed by atoms with Gasteiger partial charge in [-0.2, -0.15) is 4.57 Å².